The summed E-state index contributed by atoms with van der Waals surface area (Å²) in [6.45, 7) is 8.91. The number of fused-ring (bicyclic) bond motifs is 2. The topological polar surface area (TPSA) is 74.7 Å². The number of likely N-dealkylation sites (N-methyl/N-ethyl adjacent to an activating group) is 1. The van der Waals surface area contributed by atoms with E-state index in [1.165, 1.54) is 16.5 Å². The highest BCUT2D eigenvalue weighted by molar-refractivity contribution is 5.92. The summed E-state index contributed by atoms with van der Waals surface area (Å²) >= 11 is 0. The van der Waals surface area contributed by atoms with E-state index in [1.807, 2.05) is 17.5 Å². The average molecular weight is 474 g/mol. The first-order valence-corrected chi connectivity index (χ1v) is 12.5. The van der Waals surface area contributed by atoms with Crippen LogP contribution in [0.3, 0.4) is 0 Å². The van der Waals surface area contributed by atoms with Crippen molar-refractivity contribution in [1.82, 2.24) is 24.6 Å². The summed E-state index contributed by atoms with van der Waals surface area (Å²) in [5.74, 6) is 1.73. The minimum atomic E-state index is 0.0895. The molecule has 5 rings (SSSR count). The van der Waals surface area contributed by atoms with Gasteiger partial charge >= 0.3 is 0 Å². The van der Waals surface area contributed by atoms with Gasteiger partial charge in [0, 0.05) is 35.8 Å². The number of carbonyl (C=O) groups excluding carboxylic acids is 1. The SMILES string of the molecule is CNC(=O)CN1CCC(c2ccc3[nH]c(-c4cc(OC)n5cc(C)nc5c4)c(C(C)C)c3c2)CC1. The maximum atomic E-state index is 11.7. The molecule has 1 fully saturated rings. The molecule has 7 nitrogen and oxygen atoms in total. The molecule has 0 bridgehead atoms. The van der Waals surface area contributed by atoms with Gasteiger partial charge in [-0.25, -0.2) is 4.98 Å². The van der Waals surface area contributed by atoms with Gasteiger partial charge in [-0.1, -0.05) is 19.9 Å². The molecule has 1 saturated heterocycles. The number of nitrogens with zero attached hydrogens (tertiary/aromatic N) is 3. The van der Waals surface area contributed by atoms with Crippen molar-refractivity contribution >= 4 is 22.5 Å². The molecule has 184 valence electrons. The van der Waals surface area contributed by atoms with E-state index >= 15 is 0 Å². The number of nitrogens with one attached hydrogen (secondary N) is 2. The van der Waals surface area contributed by atoms with Gasteiger partial charge in [-0.3, -0.25) is 14.1 Å². The molecule has 3 aromatic heterocycles. The molecule has 1 aliphatic rings. The van der Waals surface area contributed by atoms with E-state index in [0.717, 1.165) is 59.9 Å². The number of hydrogen-bond acceptors (Lipinski definition) is 4. The first-order chi connectivity index (χ1) is 16.9. The lowest BCUT2D eigenvalue weighted by molar-refractivity contribution is -0.122. The third kappa shape index (κ3) is 4.41. The summed E-state index contributed by atoms with van der Waals surface area (Å²) in [6.07, 6.45) is 4.15. The van der Waals surface area contributed by atoms with Crippen LogP contribution in [-0.4, -0.2) is 59.0 Å². The largest absolute Gasteiger partial charge is 0.482 e. The van der Waals surface area contributed by atoms with Crippen LogP contribution in [0, 0.1) is 6.92 Å². The van der Waals surface area contributed by atoms with E-state index in [-0.39, 0.29) is 5.91 Å². The van der Waals surface area contributed by atoms with Crippen molar-refractivity contribution in [2.24, 2.45) is 0 Å². The Morgan fingerprint density at radius 2 is 2.00 bits per heavy atom. The number of H-pyrrole nitrogens is 1. The summed E-state index contributed by atoms with van der Waals surface area (Å²) < 4.78 is 7.69. The normalized spacial score (nSPS) is 15.4. The number of benzene rings is 1. The molecule has 4 aromatic rings. The molecule has 1 aromatic carbocycles. The fraction of sp³-hybridized carbons (Fsp3) is 0.429. The Morgan fingerprint density at radius 3 is 2.69 bits per heavy atom. The van der Waals surface area contributed by atoms with Crippen LogP contribution in [-0.2, 0) is 4.79 Å². The van der Waals surface area contributed by atoms with Crippen molar-refractivity contribution in [3.8, 4) is 17.1 Å². The highest BCUT2D eigenvalue weighted by Crippen LogP contribution is 2.39. The monoisotopic (exact) mass is 473 g/mol. The number of hydrogen-bond donors (Lipinski definition) is 2. The number of methoxy groups -OCH3 is 1. The van der Waals surface area contributed by atoms with E-state index in [2.05, 4.69) is 64.4 Å². The Balaban J connectivity index is 1.51. The number of likely N-dealkylation sites (tertiary alicyclic amines) is 1. The zero-order chi connectivity index (χ0) is 24.7. The van der Waals surface area contributed by atoms with Crippen molar-refractivity contribution in [3.63, 3.8) is 0 Å². The van der Waals surface area contributed by atoms with Crippen LogP contribution in [0.2, 0.25) is 0 Å². The third-order valence-electron chi connectivity index (χ3n) is 7.30. The van der Waals surface area contributed by atoms with Gasteiger partial charge in [0.1, 0.15) is 5.65 Å². The van der Waals surface area contributed by atoms with Crippen molar-refractivity contribution < 1.29 is 9.53 Å². The van der Waals surface area contributed by atoms with Crippen molar-refractivity contribution in [2.75, 3.05) is 33.8 Å². The minimum Gasteiger partial charge on any atom is -0.482 e. The van der Waals surface area contributed by atoms with E-state index in [0.29, 0.717) is 18.4 Å². The molecule has 0 spiro atoms. The number of imidazole rings is 1. The van der Waals surface area contributed by atoms with Crippen LogP contribution in [0.15, 0.2) is 36.5 Å². The van der Waals surface area contributed by atoms with Gasteiger partial charge < -0.3 is 15.0 Å². The molecular formula is C28H35N5O2. The first kappa shape index (κ1) is 23.4. The molecule has 0 atom stereocenters. The second-order valence-electron chi connectivity index (χ2n) is 9.99. The molecule has 0 unspecified atom stereocenters. The quantitative estimate of drug-likeness (QED) is 0.420. The Bertz CT molecular complexity index is 1380. The number of pyridine rings is 1. The summed E-state index contributed by atoms with van der Waals surface area (Å²) in [6, 6.07) is 11.1. The van der Waals surface area contributed by atoms with Crippen molar-refractivity contribution in [3.05, 3.63) is 53.3 Å². The van der Waals surface area contributed by atoms with E-state index in [9.17, 15) is 4.79 Å². The number of carbonyl (C=O) groups is 1. The molecule has 1 aliphatic heterocycles. The predicted octanol–water partition coefficient (Wildman–Crippen LogP) is 4.85. The first-order valence-electron chi connectivity index (χ1n) is 12.5. The van der Waals surface area contributed by atoms with Crippen LogP contribution in [0.4, 0.5) is 0 Å². The standard InChI is InChI=1S/C28H35N5O2/c1-17(2)27-22-12-20(19-8-10-32(11-9-19)16-25(34)29-4)6-7-23(22)31-28(27)21-13-24-30-18(3)15-33(24)26(14-21)35-5/h6-7,12-15,17,19,31H,8-11,16H2,1-5H3,(H,29,34). The Labute approximate surface area is 206 Å². The lowest BCUT2D eigenvalue weighted by atomic mass is 9.87. The molecule has 35 heavy (non-hydrogen) atoms. The molecule has 0 aliphatic carbocycles. The number of rotatable bonds is 6. The van der Waals surface area contributed by atoms with Gasteiger partial charge in [-0.05, 0) is 74.0 Å². The molecule has 4 heterocycles. The van der Waals surface area contributed by atoms with Crippen LogP contribution in [0.1, 0.15) is 55.3 Å². The van der Waals surface area contributed by atoms with Gasteiger partial charge in [0.15, 0.2) is 5.88 Å². The molecule has 1 amide bonds. The maximum Gasteiger partial charge on any atom is 0.233 e. The fourth-order valence-electron chi connectivity index (χ4n) is 5.50. The highest BCUT2D eigenvalue weighted by Gasteiger charge is 2.24. The van der Waals surface area contributed by atoms with Gasteiger partial charge in [0.05, 0.1) is 25.0 Å². The van der Waals surface area contributed by atoms with Crippen LogP contribution < -0.4 is 10.1 Å². The Hall–Kier alpha value is -3.32. The van der Waals surface area contributed by atoms with E-state index in [1.54, 1.807) is 14.2 Å². The van der Waals surface area contributed by atoms with Crippen LogP contribution >= 0.6 is 0 Å². The summed E-state index contributed by atoms with van der Waals surface area (Å²) in [5, 5.41) is 4.02. The number of piperidine rings is 1. The summed E-state index contributed by atoms with van der Waals surface area (Å²) in [4.78, 5) is 22.4. The van der Waals surface area contributed by atoms with E-state index < -0.39 is 0 Å². The second-order valence-corrected chi connectivity index (χ2v) is 9.99. The van der Waals surface area contributed by atoms with Crippen LogP contribution in [0.5, 0.6) is 5.88 Å². The smallest absolute Gasteiger partial charge is 0.233 e. The summed E-state index contributed by atoms with van der Waals surface area (Å²) in [7, 11) is 3.40. The molecule has 0 saturated carbocycles. The fourth-order valence-corrected chi connectivity index (χ4v) is 5.50. The second kappa shape index (κ2) is 9.38. The van der Waals surface area contributed by atoms with Gasteiger partial charge in [0.2, 0.25) is 5.91 Å². The lowest BCUT2D eigenvalue weighted by Crippen LogP contribution is -2.40. The van der Waals surface area contributed by atoms with Crippen molar-refractivity contribution in [1.29, 1.82) is 0 Å². The molecular weight excluding hydrogens is 438 g/mol. The number of ether oxygens (including phenoxy) is 1. The zero-order valence-corrected chi connectivity index (χ0v) is 21.3. The predicted molar refractivity (Wildman–Crippen MR) is 140 cm³/mol. The third-order valence-corrected chi connectivity index (χ3v) is 7.30. The van der Waals surface area contributed by atoms with Gasteiger partial charge in [0.25, 0.3) is 0 Å². The van der Waals surface area contributed by atoms with Crippen LogP contribution in [0.25, 0.3) is 27.8 Å². The zero-order valence-electron chi connectivity index (χ0n) is 21.3. The Morgan fingerprint density at radius 1 is 1.23 bits per heavy atom. The van der Waals surface area contributed by atoms with Crippen molar-refractivity contribution in [2.45, 2.75) is 45.4 Å². The molecule has 7 heteroatoms. The maximum absolute atomic E-state index is 11.7. The van der Waals surface area contributed by atoms with Gasteiger partial charge in [-0.2, -0.15) is 0 Å². The molecule has 2 N–H and O–H groups in total. The van der Waals surface area contributed by atoms with E-state index in [4.69, 9.17) is 4.74 Å². The Kier molecular flexibility index (Phi) is 6.28. The number of aromatic nitrogens is 3. The highest BCUT2D eigenvalue weighted by atomic mass is 16.5. The number of aryl methyl sites for hydroxylation is 1. The summed E-state index contributed by atoms with van der Waals surface area (Å²) in [5.41, 5.74) is 7.94. The molecule has 0 radical (unpaired) electrons. The number of amides is 1. The minimum absolute atomic E-state index is 0.0895. The average Bonchev–Trinajstić information content (AvgIpc) is 3.43. The van der Waals surface area contributed by atoms with Gasteiger partial charge in [-0.15, -0.1) is 0 Å². The lowest BCUT2D eigenvalue weighted by Gasteiger charge is -2.31. The number of aromatic amines is 1.